The van der Waals surface area contributed by atoms with Gasteiger partial charge in [0.15, 0.2) is 17.1 Å². The van der Waals surface area contributed by atoms with E-state index in [1.54, 1.807) is 20.3 Å². The van der Waals surface area contributed by atoms with Crippen molar-refractivity contribution in [1.82, 2.24) is 5.16 Å². The van der Waals surface area contributed by atoms with Gasteiger partial charge in [-0.15, -0.1) is 0 Å². The Hall–Kier alpha value is -2.20. The minimum absolute atomic E-state index is 0.432. The molecule has 20 heavy (non-hydrogen) atoms. The van der Waals surface area contributed by atoms with Crippen LogP contribution >= 0.6 is 11.6 Å². The Kier molecular flexibility index (Phi) is 3.24. The Morgan fingerprint density at radius 2 is 1.85 bits per heavy atom. The van der Waals surface area contributed by atoms with Crippen LogP contribution in [-0.2, 0) is 0 Å². The number of aromatic nitrogens is 1. The van der Waals surface area contributed by atoms with Gasteiger partial charge in [-0.3, -0.25) is 0 Å². The summed E-state index contributed by atoms with van der Waals surface area (Å²) in [7, 11) is 3.10. The molecule has 3 aromatic rings. The van der Waals surface area contributed by atoms with Crippen molar-refractivity contribution in [3.63, 3.8) is 0 Å². The largest absolute Gasteiger partial charge is 0.493 e. The first kappa shape index (κ1) is 12.8. The number of methoxy groups -OCH3 is 2. The number of benzene rings is 2. The fraction of sp³-hybridized carbons (Fsp3) is 0.133. The summed E-state index contributed by atoms with van der Waals surface area (Å²) in [5.74, 6) is 0.989. The van der Waals surface area contributed by atoms with Crippen LogP contribution in [0, 0.1) is 0 Å². The lowest BCUT2D eigenvalue weighted by molar-refractivity contribution is 0.355. The van der Waals surface area contributed by atoms with Crippen molar-refractivity contribution in [3.8, 4) is 22.8 Å². The van der Waals surface area contributed by atoms with Gasteiger partial charge in [0.1, 0.15) is 5.69 Å². The van der Waals surface area contributed by atoms with Gasteiger partial charge >= 0.3 is 0 Å². The molecule has 0 spiro atoms. The number of nitrogens with zero attached hydrogens (tertiary/aromatic N) is 1. The van der Waals surface area contributed by atoms with Crippen LogP contribution in [0.3, 0.4) is 0 Å². The maximum Gasteiger partial charge on any atom is 0.180 e. The zero-order valence-corrected chi connectivity index (χ0v) is 11.8. The molecule has 3 rings (SSSR count). The Morgan fingerprint density at radius 3 is 2.50 bits per heavy atom. The molecule has 0 aliphatic carbocycles. The van der Waals surface area contributed by atoms with E-state index in [1.165, 1.54) is 0 Å². The van der Waals surface area contributed by atoms with Crippen LogP contribution in [-0.4, -0.2) is 19.4 Å². The molecule has 0 bridgehead atoms. The first-order chi connectivity index (χ1) is 9.76. The molecule has 0 saturated carbocycles. The summed E-state index contributed by atoms with van der Waals surface area (Å²) in [5.41, 5.74) is 2.18. The fourth-order valence-corrected chi connectivity index (χ4v) is 2.51. The summed E-state index contributed by atoms with van der Waals surface area (Å²) >= 11 is 6.42. The number of fused-ring (bicyclic) bond motifs is 1. The lowest BCUT2D eigenvalue weighted by Gasteiger charge is -2.09. The first-order valence-corrected chi connectivity index (χ1v) is 6.39. The Bertz CT molecular complexity index is 753. The summed E-state index contributed by atoms with van der Waals surface area (Å²) in [5, 5.41) is 5.26. The topological polar surface area (TPSA) is 44.5 Å². The van der Waals surface area contributed by atoms with Crippen molar-refractivity contribution < 1.29 is 14.0 Å². The molecular weight excluding hydrogens is 278 g/mol. The summed E-state index contributed by atoms with van der Waals surface area (Å²) in [6.45, 7) is 0. The van der Waals surface area contributed by atoms with Crippen molar-refractivity contribution >= 4 is 22.6 Å². The first-order valence-electron chi connectivity index (χ1n) is 6.01. The van der Waals surface area contributed by atoms with E-state index >= 15 is 0 Å². The highest BCUT2D eigenvalue weighted by atomic mass is 35.5. The SMILES string of the molecule is COc1cc2onc(-c3ccccc3)c2c(Cl)c1OC. The summed E-state index contributed by atoms with van der Waals surface area (Å²) < 4.78 is 15.9. The molecule has 0 radical (unpaired) electrons. The van der Waals surface area contributed by atoms with Crippen LogP contribution in [0.2, 0.25) is 5.02 Å². The molecule has 0 aliphatic heterocycles. The second kappa shape index (κ2) is 5.06. The van der Waals surface area contributed by atoms with Gasteiger partial charge in [-0.1, -0.05) is 47.1 Å². The number of hydrogen-bond acceptors (Lipinski definition) is 4. The van der Waals surface area contributed by atoms with Crippen LogP contribution in [0.1, 0.15) is 0 Å². The number of ether oxygens (including phenoxy) is 2. The lowest BCUT2D eigenvalue weighted by atomic mass is 10.1. The quantitative estimate of drug-likeness (QED) is 0.726. The van der Waals surface area contributed by atoms with Crippen molar-refractivity contribution in [2.45, 2.75) is 0 Å². The lowest BCUT2D eigenvalue weighted by Crippen LogP contribution is -1.91. The molecule has 102 valence electrons. The van der Waals surface area contributed by atoms with E-state index in [4.69, 9.17) is 25.6 Å². The van der Waals surface area contributed by atoms with Gasteiger partial charge < -0.3 is 14.0 Å². The van der Waals surface area contributed by atoms with Crippen LogP contribution < -0.4 is 9.47 Å². The molecule has 5 heteroatoms. The smallest absolute Gasteiger partial charge is 0.180 e. The van der Waals surface area contributed by atoms with Crippen molar-refractivity contribution in [2.75, 3.05) is 14.2 Å². The standard InChI is InChI=1S/C15H12ClNO3/c1-18-11-8-10-12(13(16)15(11)19-2)14(17-20-10)9-6-4-3-5-7-9/h3-8H,1-2H3. The highest BCUT2D eigenvalue weighted by Gasteiger charge is 2.20. The van der Waals surface area contributed by atoms with Crippen LogP contribution in [0.5, 0.6) is 11.5 Å². The molecule has 0 unspecified atom stereocenters. The van der Waals surface area contributed by atoms with E-state index in [-0.39, 0.29) is 0 Å². The van der Waals surface area contributed by atoms with Gasteiger partial charge in [0.05, 0.1) is 24.6 Å². The molecular formula is C15H12ClNO3. The van der Waals surface area contributed by atoms with Crippen LogP contribution in [0.25, 0.3) is 22.2 Å². The third kappa shape index (κ3) is 1.89. The molecule has 0 fully saturated rings. The third-order valence-electron chi connectivity index (χ3n) is 3.09. The van der Waals surface area contributed by atoms with Crippen LogP contribution in [0.4, 0.5) is 0 Å². The van der Waals surface area contributed by atoms with E-state index < -0.39 is 0 Å². The van der Waals surface area contributed by atoms with Gasteiger partial charge in [-0.25, -0.2) is 0 Å². The summed E-state index contributed by atoms with van der Waals surface area (Å²) in [6, 6.07) is 11.4. The van der Waals surface area contributed by atoms with Crippen LogP contribution in [0.15, 0.2) is 40.9 Å². The van der Waals surface area contributed by atoms with E-state index in [2.05, 4.69) is 5.16 Å². The van der Waals surface area contributed by atoms with Gasteiger partial charge in [-0.05, 0) is 0 Å². The van der Waals surface area contributed by atoms with Crippen molar-refractivity contribution in [2.24, 2.45) is 0 Å². The maximum absolute atomic E-state index is 6.42. The normalized spacial score (nSPS) is 10.8. The predicted octanol–water partition coefficient (Wildman–Crippen LogP) is 4.17. The van der Waals surface area contributed by atoms with E-state index in [1.807, 2.05) is 30.3 Å². The molecule has 0 amide bonds. The van der Waals surface area contributed by atoms with Gasteiger partial charge in [0.25, 0.3) is 0 Å². The van der Waals surface area contributed by atoms with Gasteiger partial charge in [0.2, 0.25) is 0 Å². The predicted molar refractivity (Wildman–Crippen MR) is 77.6 cm³/mol. The van der Waals surface area contributed by atoms with Crippen molar-refractivity contribution in [1.29, 1.82) is 0 Å². The molecule has 1 aromatic heterocycles. The molecule has 0 N–H and O–H groups in total. The summed E-state index contributed by atoms with van der Waals surface area (Å²) in [6.07, 6.45) is 0. The van der Waals surface area contributed by atoms with Gasteiger partial charge in [0, 0.05) is 11.6 Å². The second-order valence-electron chi connectivity index (χ2n) is 4.20. The Morgan fingerprint density at radius 1 is 1.10 bits per heavy atom. The van der Waals surface area contributed by atoms with E-state index in [0.29, 0.717) is 27.8 Å². The van der Waals surface area contributed by atoms with Crippen molar-refractivity contribution in [3.05, 3.63) is 41.4 Å². The zero-order chi connectivity index (χ0) is 14.1. The highest BCUT2D eigenvalue weighted by molar-refractivity contribution is 6.38. The molecule has 4 nitrogen and oxygen atoms in total. The highest BCUT2D eigenvalue weighted by Crippen LogP contribution is 2.44. The Balaban J connectivity index is 2.32. The molecule has 2 aromatic carbocycles. The molecule has 0 saturated heterocycles. The van der Waals surface area contributed by atoms with E-state index in [9.17, 15) is 0 Å². The monoisotopic (exact) mass is 289 g/mol. The maximum atomic E-state index is 6.42. The average Bonchev–Trinajstić information content (AvgIpc) is 2.92. The van der Waals surface area contributed by atoms with E-state index in [0.717, 1.165) is 10.9 Å². The number of halogens is 1. The fourth-order valence-electron chi connectivity index (χ4n) is 2.15. The minimum Gasteiger partial charge on any atom is -0.493 e. The average molecular weight is 290 g/mol. The summed E-state index contributed by atoms with van der Waals surface area (Å²) in [4.78, 5) is 0. The third-order valence-corrected chi connectivity index (χ3v) is 3.46. The minimum atomic E-state index is 0.432. The number of rotatable bonds is 3. The zero-order valence-electron chi connectivity index (χ0n) is 11.0. The number of hydrogen-bond donors (Lipinski definition) is 0. The molecule has 0 aliphatic rings. The molecule has 0 atom stereocenters. The van der Waals surface area contributed by atoms with Gasteiger partial charge in [-0.2, -0.15) is 0 Å². The second-order valence-corrected chi connectivity index (χ2v) is 4.57. The molecule has 1 heterocycles. The Labute approximate surface area is 120 Å².